The largest absolute Gasteiger partial charge is 0.369 e. The number of nitrogens with zero attached hydrogens (tertiary/aromatic N) is 4. The highest BCUT2D eigenvalue weighted by Crippen LogP contribution is 2.20. The minimum Gasteiger partial charge on any atom is -0.369 e. The second-order valence-corrected chi connectivity index (χ2v) is 7.26. The molecule has 0 unspecified atom stereocenters. The summed E-state index contributed by atoms with van der Waals surface area (Å²) >= 11 is 0. The quantitative estimate of drug-likeness (QED) is 0.740. The van der Waals surface area contributed by atoms with Crippen molar-refractivity contribution >= 4 is 22.9 Å². The summed E-state index contributed by atoms with van der Waals surface area (Å²) in [6.45, 7) is 9.21. The van der Waals surface area contributed by atoms with E-state index in [9.17, 15) is 9.59 Å². The second-order valence-electron chi connectivity index (χ2n) is 7.26. The van der Waals surface area contributed by atoms with Gasteiger partial charge in [0.2, 0.25) is 0 Å². The van der Waals surface area contributed by atoms with E-state index in [4.69, 9.17) is 0 Å². The normalized spacial score (nSPS) is 14.9. The fraction of sp³-hybridized carbons (Fsp3) is 0.318. The molecule has 1 fully saturated rings. The average Bonchev–Trinajstić information content (AvgIpc) is 2.74. The molecule has 2 aromatic heterocycles. The first-order valence-corrected chi connectivity index (χ1v) is 9.93. The Morgan fingerprint density at radius 1 is 1.07 bits per heavy atom. The van der Waals surface area contributed by atoms with Crippen molar-refractivity contribution in [3.63, 3.8) is 0 Å². The maximum absolute atomic E-state index is 12.7. The fourth-order valence-electron chi connectivity index (χ4n) is 3.71. The molecule has 29 heavy (non-hydrogen) atoms. The molecule has 0 radical (unpaired) electrons. The predicted molar refractivity (Wildman–Crippen MR) is 115 cm³/mol. The zero-order valence-electron chi connectivity index (χ0n) is 16.8. The van der Waals surface area contributed by atoms with E-state index in [-0.39, 0.29) is 11.1 Å². The molecule has 0 aliphatic carbocycles. The van der Waals surface area contributed by atoms with E-state index in [2.05, 4.69) is 27.0 Å². The maximum Gasteiger partial charge on any atom is 0.270 e. The molecule has 3 heterocycles. The van der Waals surface area contributed by atoms with Crippen molar-refractivity contribution < 1.29 is 4.79 Å². The molecule has 1 saturated heterocycles. The van der Waals surface area contributed by atoms with E-state index in [1.54, 1.807) is 6.07 Å². The van der Waals surface area contributed by atoms with Crippen molar-refractivity contribution in [2.24, 2.45) is 0 Å². The van der Waals surface area contributed by atoms with Crippen LogP contribution in [-0.4, -0.2) is 52.9 Å². The number of rotatable bonds is 4. The summed E-state index contributed by atoms with van der Waals surface area (Å²) in [7, 11) is 0. The number of nitrogens with one attached hydrogen (secondary N) is 1. The summed E-state index contributed by atoms with van der Waals surface area (Å²) in [5.41, 5.74) is 2.72. The number of benzene rings is 1. The Morgan fingerprint density at radius 2 is 1.79 bits per heavy atom. The van der Waals surface area contributed by atoms with Crippen molar-refractivity contribution in [1.29, 1.82) is 0 Å². The molecular weight excluding hydrogens is 366 g/mol. The van der Waals surface area contributed by atoms with Crippen LogP contribution in [0.5, 0.6) is 0 Å². The molecule has 7 heteroatoms. The first kappa shape index (κ1) is 19.1. The Hall–Kier alpha value is -3.19. The van der Waals surface area contributed by atoms with Crippen molar-refractivity contribution in [3.05, 3.63) is 70.3 Å². The van der Waals surface area contributed by atoms with Crippen molar-refractivity contribution in [1.82, 2.24) is 14.3 Å². The highest BCUT2D eigenvalue weighted by Gasteiger charge is 2.17. The molecule has 0 bridgehead atoms. The van der Waals surface area contributed by atoms with E-state index in [1.807, 2.05) is 43.3 Å². The fourth-order valence-corrected chi connectivity index (χ4v) is 3.71. The van der Waals surface area contributed by atoms with Crippen molar-refractivity contribution in [2.75, 3.05) is 42.9 Å². The summed E-state index contributed by atoms with van der Waals surface area (Å²) < 4.78 is 1.45. The lowest BCUT2D eigenvalue weighted by Crippen LogP contribution is -2.46. The molecule has 1 aliphatic heterocycles. The molecule has 1 aromatic carbocycles. The van der Waals surface area contributed by atoms with Gasteiger partial charge in [-0.3, -0.25) is 14.0 Å². The molecule has 1 N–H and O–H groups in total. The number of amides is 1. The van der Waals surface area contributed by atoms with Gasteiger partial charge < -0.3 is 15.1 Å². The zero-order chi connectivity index (χ0) is 20.4. The number of piperazine rings is 1. The van der Waals surface area contributed by atoms with E-state index in [0.717, 1.165) is 44.1 Å². The number of hydrogen-bond acceptors (Lipinski definition) is 5. The lowest BCUT2D eigenvalue weighted by Gasteiger charge is -2.35. The van der Waals surface area contributed by atoms with Gasteiger partial charge in [-0.25, -0.2) is 4.98 Å². The van der Waals surface area contributed by atoms with Gasteiger partial charge in [0.15, 0.2) is 0 Å². The number of carbonyl (C=O) groups is 1. The summed E-state index contributed by atoms with van der Waals surface area (Å²) in [6.07, 6.45) is 1.34. The van der Waals surface area contributed by atoms with Gasteiger partial charge in [0.1, 0.15) is 11.2 Å². The zero-order valence-corrected chi connectivity index (χ0v) is 16.8. The topological polar surface area (TPSA) is 69.9 Å². The minimum atomic E-state index is -0.454. The standard InChI is InChI=1S/C22H25N5O2/c1-3-25-11-13-26(14-12-25)18-9-7-17(8-10-18)24-21(28)19-15-23-20-6-4-5-16(2)27(20)22(19)29/h4-10,15H,3,11-14H2,1-2H3,(H,24,28). The number of aryl methyl sites for hydroxylation is 1. The first-order chi connectivity index (χ1) is 14.1. The lowest BCUT2D eigenvalue weighted by atomic mass is 10.2. The summed E-state index contributed by atoms with van der Waals surface area (Å²) in [5, 5.41) is 2.81. The van der Waals surface area contributed by atoms with Crippen LogP contribution in [-0.2, 0) is 0 Å². The summed E-state index contributed by atoms with van der Waals surface area (Å²) in [4.78, 5) is 34.4. The molecule has 1 amide bonds. The highest BCUT2D eigenvalue weighted by atomic mass is 16.2. The maximum atomic E-state index is 12.7. The van der Waals surface area contributed by atoms with Crippen LogP contribution >= 0.6 is 0 Å². The van der Waals surface area contributed by atoms with E-state index in [0.29, 0.717) is 11.3 Å². The third kappa shape index (κ3) is 3.86. The molecule has 7 nitrogen and oxygen atoms in total. The molecule has 0 spiro atoms. The minimum absolute atomic E-state index is 0.0246. The average molecular weight is 391 g/mol. The van der Waals surface area contributed by atoms with Crippen molar-refractivity contribution in [3.8, 4) is 0 Å². The summed E-state index contributed by atoms with van der Waals surface area (Å²) in [6, 6.07) is 13.2. The number of likely N-dealkylation sites (N-methyl/N-ethyl adjacent to an activating group) is 1. The molecule has 3 aromatic rings. The first-order valence-electron chi connectivity index (χ1n) is 9.93. The van der Waals surface area contributed by atoms with Crippen LogP contribution < -0.4 is 15.8 Å². The Bertz CT molecular complexity index is 1080. The predicted octanol–water partition coefficient (Wildman–Crippen LogP) is 2.40. The van der Waals surface area contributed by atoms with E-state index < -0.39 is 5.91 Å². The van der Waals surface area contributed by atoms with Crippen molar-refractivity contribution in [2.45, 2.75) is 13.8 Å². The number of aromatic nitrogens is 2. The number of carbonyl (C=O) groups excluding carboxylic acids is 1. The molecule has 150 valence electrons. The Morgan fingerprint density at radius 3 is 2.48 bits per heavy atom. The van der Waals surface area contributed by atoms with Crippen LogP contribution in [0, 0.1) is 6.92 Å². The van der Waals surface area contributed by atoms with Gasteiger partial charge in [0.25, 0.3) is 11.5 Å². The van der Waals surface area contributed by atoms with E-state index in [1.165, 1.54) is 10.6 Å². The smallest absolute Gasteiger partial charge is 0.270 e. The van der Waals surface area contributed by atoms with Crippen LogP contribution in [0.2, 0.25) is 0 Å². The Balaban J connectivity index is 1.49. The van der Waals surface area contributed by atoms with Gasteiger partial charge in [-0.1, -0.05) is 13.0 Å². The van der Waals surface area contributed by atoms with Crippen LogP contribution in [0.4, 0.5) is 11.4 Å². The van der Waals surface area contributed by atoms with Gasteiger partial charge in [-0.15, -0.1) is 0 Å². The van der Waals surface area contributed by atoms with Gasteiger partial charge in [0.05, 0.1) is 0 Å². The number of pyridine rings is 1. The van der Waals surface area contributed by atoms with Crippen LogP contribution in [0.1, 0.15) is 23.0 Å². The van der Waals surface area contributed by atoms with Gasteiger partial charge in [-0.2, -0.15) is 0 Å². The second kappa shape index (κ2) is 8.05. The summed E-state index contributed by atoms with van der Waals surface area (Å²) in [5.74, 6) is -0.454. The van der Waals surface area contributed by atoms with Crippen LogP contribution in [0.15, 0.2) is 53.5 Å². The number of fused-ring (bicyclic) bond motifs is 1. The number of hydrogen-bond donors (Lipinski definition) is 1. The molecule has 0 saturated carbocycles. The van der Waals surface area contributed by atoms with E-state index >= 15 is 0 Å². The van der Waals surface area contributed by atoms with Gasteiger partial charge >= 0.3 is 0 Å². The van der Waals surface area contributed by atoms with Gasteiger partial charge in [0, 0.05) is 49.4 Å². The third-order valence-electron chi connectivity index (χ3n) is 5.48. The SMILES string of the molecule is CCN1CCN(c2ccc(NC(=O)c3cnc4cccc(C)n4c3=O)cc2)CC1. The number of anilines is 2. The lowest BCUT2D eigenvalue weighted by molar-refractivity contribution is 0.102. The molecule has 4 rings (SSSR count). The molecule has 0 atom stereocenters. The highest BCUT2D eigenvalue weighted by molar-refractivity contribution is 6.04. The molecule has 1 aliphatic rings. The van der Waals surface area contributed by atoms with Crippen LogP contribution in [0.25, 0.3) is 5.65 Å². The Labute approximate surface area is 169 Å². The molecular formula is C22H25N5O2. The third-order valence-corrected chi connectivity index (χ3v) is 5.48. The van der Waals surface area contributed by atoms with Crippen LogP contribution in [0.3, 0.4) is 0 Å². The van der Waals surface area contributed by atoms with Gasteiger partial charge in [-0.05, 0) is 49.9 Å². The Kier molecular flexibility index (Phi) is 5.31. The monoisotopic (exact) mass is 391 g/mol.